The molecule has 5 heteroatoms. The van der Waals surface area contributed by atoms with E-state index >= 15 is 0 Å². The van der Waals surface area contributed by atoms with Crippen molar-refractivity contribution >= 4 is 11.9 Å². The van der Waals surface area contributed by atoms with Crippen molar-refractivity contribution in [3.63, 3.8) is 0 Å². The lowest BCUT2D eigenvalue weighted by Gasteiger charge is -2.23. The Morgan fingerprint density at radius 1 is 1.29 bits per heavy atom. The third-order valence-corrected chi connectivity index (χ3v) is 4.59. The van der Waals surface area contributed by atoms with Crippen LogP contribution in [0, 0.1) is 5.92 Å². The molecule has 1 saturated heterocycles. The second kappa shape index (κ2) is 10.3. The molecule has 1 aromatic rings. The number of pyridine rings is 1. The molecule has 0 aromatic carbocycles. The molecule has 5 nitrogen and oxygen atoms in total. The minimum Gasteiger partial charge on any atom is -0.449 e. The Morgan fingerprint density at radius 2 is 2.08 bits per heavy atom. The van der Waals surface area contributed by atoms with Gasteiger partial charge in [0, 0.05) is 12.7 Å². The van der Waals surface area contributed by atoms with Gasteiger partial charge >= 0.3 is 6.09 Å². The van der Waals surface area contributed by atoms with E-state index < -0.39 is 0 Å². The molecule has 1 aliphatic heterocycles. The molecule has 0 bridgehead atoms. The maximum Gasteiger partial charge on any atom is 0.415 e. The highest BCUT2D eigenvalue weighted by Gasteiger charge is 2.17. The predicted octanol–water partition coefficient (Wildman–Crippen LogP) is 3.78. The highest BCUT2D eigenvalue weighted by Crippen LogP contribution is 2.19. The number of nitrogens with one attached hydrogen (secondary N) is 1. The number of ether oxygens (including phenoxy) is 1. The van der Waals surface area contributed by atoms with Crippen LogP contribution in [0.1, 0.15) is 51.1 Å². The first-order valence-corrected chi connectivity index (χ1v) is 9.28. The summed E-state index contributed by atoms with van der Waals surface area (Å²) in [7, 11) is 1.73. The highest BCUT2D eigenvalue weighted by molar-refractivity contribution is 5.85. The molecular formula is C19H31N3O2. The van der Waals surface area contributed by atoms with Crippen LogP contribution >= 0.6 is 0 Å². The minimum atomic E-state index is -0.321. The first-order chi connectivity index (χ1) is 11.7. The van der Waals surface area contributed by atoms with Crippen molar-refractivity contribution in [3.8, 4) is 0 Å². The van der Waals surface area contributed by atoms with Gasteiger partial charge in [-0.3, -0.25) is 4.90 Å². The van der Waals surface area contributed by atoms with Crippen LogP contribution in [-0.2, 0) is 11.2 Å². The van der Waals surface area contributed by atoms with Crippen molar-refractivity contribution in [2.75, 3.05) is 31.6 Å². The van der Waals surface area contributed by atoms with Crippen LogP contribution in [-0.4, -0.2) is 37.8 Å². The van der Waals surface area contributed by atoms with Gasteiger partial charge in [-0.1, -0.05) is 32.3 Å². The molecule has 1 aromatic heterocycles. The number of anilines is 1. The lowest BCUT2D eigenvalue weighted by Crippen LogP contribution is -2.30. The average molecular weight is 333 g/mol. The van der Waals surface area contributed by atoms with Gasteiger partial charge in [-0.05, 0) is 56.8 Å². The van der Waals surface area contributed by atoms with Crippen molar-refractivity contribution in [3.05, 3.63) is 23.9 Å². The monoisotopic (exact) mass is 333 g/mol. The predicted molar refractivity (Wildman–Crippen MR) is 97.4 cm³/mol. The highest BCUT2D eigenvalue weighted by atomic mass is 16.6. The van der Waals surface area contributed by atoms with Gasteiger partial charge in [0.25, 0.3) is 0 Å². The van der Waals surface area contributed by atoms with Crippen LogP contribution in [0.3, 0.4) is 0 Å². The Kier molecular flexibility index (Phi) is 8.02. The number of nitrogens with zero attached hydrogens (tertiary/aromatic N) is 2. The minimum absolute atomic E-state index is 0.321. The molecule has 0 saturated carbocycles. The first kappa shape index (κ1) is 18.7. The van der Waals surface area contributed by atoms with Crippen LogP contribution in [0.5, 0.6) is 0 Å². The third-order valence-electron chi connectivity index (χ3n) is 4.59. The summed E-state index contributed by atoms with van der Waals surface area (Å²) >= 11 is 0. The second-order valence-electron chi connectivity index (χ2n) is 6.62. The third kappa shape index (κ3) is 6.11. The molecule has 2 heterocycles. The fourth-order valence-corrected chi connectivity index (χ4v) is 3.03. The fourth-order valence-electron chi connectivity index (χ4n) is 3.03. The van der Waals surface area contributed by atoms with E-state index in [1.165, 1.54) is 30.6 Å². The van der Waals surface area contributed by atoms with Crippen LogP contribution < -0.4 is 10.2 Å². The lowest BCUT2D eigenvalue weighted by atomic mass is 9.93. The standard InChI is InChI=1S/C19H31N3O2/c1-3-4-5-6-14-24-19(23)22(2)18-9-7-8-17(21-18)15-16-10-12-20-13-11-16/h7-9,16,20H,3-6,10-15H2,1-2H3. The van der Waals surface area contributed by atoms with Crippen molar-refractivity contribution in [2.45, 2.75) is 51.9 Å². The van der Waals surface area contributed by atoms with Crippen LogP contribution in [0.15, 0.2) is 18.2 Å². The van der Waals surface area contributed by atoms with Crippen LogP contribution in [0.2, 0.25) is 0 Å². The Bertz CT molecular complexity index is 501. The molecule has 24 heavy (non-hydrogen) atoms. The molecule has 0 radical (unpaired) electrons. The molecule has 1 fully saturated rings. The zero-order chi connectivity index (χ0) is 17.2. The number of carbonyl (C=O) groups is 1. The summed E-state index contributed by atoms with van der Waals surface area (Å²) in [6.07, 6.45) is 7.46. The maximum absolute atomic E-state index is 12.1. The summed E-state index contributed by atoms with van der Waals surface area (Å²) in [5, 5.41) is 3.39. The number of rotatable bonds is 8. The number of amides is 1. The summed E-state index contributed by atoms with van der Waals surface area (Å²) in [5.74, 6) is 1.35. The van der Waals surface area contributed by atoms with Crippen molar-refractivity contribution < 1.29 is 9.53 Å². The molecule has 134 valence electrons. The summed E-state index contributed by atoms with van der Waals surface area (Å²) < 4.78 is 5.33. The van der Waals surface area contributed by atoms with E-state index in [0.29, 0.717) is 18.3 Å². The Hall–Kier alpha value is -1.62. The van der Waals surface area contributed by atoms with Gasteiger partial charge in [0.1, 0.15) is 5.82 Å². The van der Waals surface area contributed by atoms with E-state index in [0.717, 1.165) is 38.0 Å². The number of piperidine rings is 1. The zero-order valence-electron chi connectivity index (χ0n) is 15.1. The summed E-state index contributed by atoms with van der Waals surface area (Å²) in [4.78, 5) is 18.3. The van der Waals surface area contributed by atoms with Crippen molar-refractivity contribution in [1.29, 1.82) is 0 Å². The molecule has 0 unspecified atom stereocenters. The van der Waals surface area contributed by atoms with Gasteiger partial charge in [0.05, 0.1) is 6.61 Å². The number of hydrogen-bond acceptors (Lipinski definition) is 4. The van der Waals surface area contributed by atoms with Crippen LogP contribution in [0.4, 0.5) is 10.6 Å². The quantitative estimate of drug-likeness (QED) is 0.736. The van der Waals surface area contributed by atoms with E-state index in [1.54, 1.807) is 7.05 Å². The van der Waals surface area contributed by atoms with Gasteiger partial charge in [0.2, 0.25) is 0 Å². The van der Waals surface area contributed by atoms with Gasteiger partial charge in [-0.2, -0.15) is 0 Å². The van der Waals surface area contributed by atoms with Gasteiger partial charge in [-0.25, -0.2) is 9.78 Å². The zero-order valence-corrected chi connectivity index (χ0v) is 15.1. The molecule has 0 spiro atoms. The number of aromatic nitrogens is 1. The smallest absolute Gasteiger partial charge is 0.415 e. The Balaban J connectivity index is 1.83. The molecule has 2 rings (SSSR count). The normalized spacial score (nSPS) is 15.2. The van der Waals surface area contributed by atoms with Crippen LogP contribution in [0.25, 0.3) is 0 Å². The Labute approximate surface area is 145 Å². The summed E-state index contributed by atoms with van der Waals surface area (Å²) in [6.45, 7) is 4.84. The van der Waals surface area contributed by atoms with E-state index in [2.05, 4.69) is 23.3 Å². The molecule has 0 atom stereocenters. The lowest BCUT2D eigenvalue weighted by molar-refractivity contribution is 0.152. The summed E-state index contributed by atoms with van der Waals surface area (Å²) in [5.41, 5.74) is 1.06. The van der Waals surface area contributed by atoms with Gasteiger partial charge in [0.15, 0.2) is 0 Å². The molecular weight excluding hydrogens is 302 g/mol. The maximum atomic E-state index is 12.1. The van der Waals surface area contributed by atoms with Gasteiger partial charge < -0.3 is 10.1 Å². The molecule has 1 N–H and O–H groups in total. The number of unbranched alkanes of at least 4 members (excludes halogenated alkanes) is 3. The number of hydrogen-bond donors (Lipinski definition) is 1. The summed E-state index contributed by atoms with van der Waals surface area (Å²) in [6, 6.07) is 5.89. The van der Waals surface area contributed by atoms with Gasteiger partial charge in [-0.15, -0.1) is 0 Å². The Morgan fingerprint density at radius 3 is 2.83 bits per heavy atom. The van der Waals surface area contributed by atoms with Crippen molar-refractivity contribution in [2.24, 2.45) is 5.92 Å². The van der Waals surface area contributed by atoms with E-state index in [-0.39, 0.29) is 6.09 Å². The second-order valence-corrected chi connectivity index (χ2v) is 6.62. The number of carbonyl (C=O) groups excluding carboxylic acids is 1. The topological polar surface area (TPSA) is 54.5 Å². The molecule has 0 aliphatic carbocycles. The SMILES string of the molecule is CCCCCCOC(=O)N(C)c1cccc(CC2CCNCC2)n1. The largest absolute Gasteiger partial charge is 0.449 e. The molecule has 1 amide bonds. The van der Waals surface area contributed by atoms with Crippen molar-refractivity contribution in [1.82, 2.24) is 10.3 Å². The van der Waals surface area contributed by atoms with E-state index in [1.807, 2.05) is 12.1 Å². The first-order valence-electron chi connectivity index (χ1n) is 9.28. The molecule has 1 aliphatic rings. The fraction of sp³-hybridized carbons (Fsp3) is 0.684. The average Bonchev–Trinajstić information content (AvgIpc) is 2.62. The van der Waals surface area contributed by atoms with E-state index in [9.17, 15) is 4.79 Å². The van der Waals surface area contributed by atoms with E-state index in [4.69, 9.17) is 4.74 Å².